The van der Waals surface area contributed by atoms with Gasteiger partial charge in [-0.25, -0.2) is 4.79 Å². The van der Waals surface area contributed by atoms with Crippen molar-refractivity contribution in [1.29, 1.82) is 0 Å². The van der Waals surface area contributed by atoms with Gasteiger partial charge in [0, 0.05) is 12.1 Å². The van der Waals surface area contributed by atoms with E-state index in [1.807, 2.05) is 41.5 Å². The minimum absolute atomic E-state index is 0.181. The number of carbonyl (C=O) groups excluding carboxylic acids is 1. The van der Waals surface area contributed by atoms with Crippen LogP contribution in [0, 0.1) is 0 Å². The second-order valence-corrected chi connectivity index (χ2v) is 6.84. The van der Waals surface area contributed by atoms with Crippen LogP contribution in [0.15, 0.2) is 0 Å². The van der Waals surface area contributed by atoms with Crippen LogP contribution in [0.5, 0.6) is 0 Å². The minimum Gasteiger partial charge on any atom is -0.444 e. The van der Waals surface area contributed by atoms with Crippen LogP contribution in [0.3, 0.4) is 0 Å². The Morgan fingerprint density at radius 1 is 1.00 bits per heavy atom. The first-order chi connectivity index (χ1) is 8.05. The lowest BCUT2D eigenvalue weighted by molar-refractivity contribution is -0.102. The molecular weight excluding hydrogens is 232 g/mol. The van der Waals surface area contributed by atoms with Crippen molar-refractivity contribution in [2.45, 2.75) is 77.7 Å². The Bertz CT molecular complexity index is 286. The summed E-state index contributed by atoms with van der Waals surface area (Å²) in [4.78, 5) is 17.0. The predicted molar refractivity (Wildman–Crippen MR) is 70.2 cm³/mol. The molecule has 106 valence electrons. The van der Waals surface area contributed by atoms with Crippen molar-refractivity contribution < 1.29 is 14.4 Å². The van der Waals surface area contributed by atoms with Crippen LogP contribution in [0.2, 0.25) is 0 Å². The van der Waals surface area contributed by atoms with Crippen LogP contribution in [0.4, 0.5) is 4.79 Å². The monoisotopic (exact) mass is 258 g/mol. The Morgan fingerprint density at radius 3 is 2.00 bits per heavy atom. The number of hydrogen-bond donors (Lipinski definition) is 2. The summed E-state index contributed by atoms with van der Waals surface area (Å²) in [5, 5.41) is 2.84. The van der Waals surface area contributed by atoms with E-state index in [9.17, 15) is 4.79 Å². The molecule has 0 spiro atoms. The molecule has 0 atom stereocenters. The average Bonchev–Trinajstić information content (AvgIpc) is 2.03. The highest BCUT2D eigenvalue weighted by molar-refractivity contribution is 5.68. The molecule has 1 amide bonds. The molecule has 0 saturated heterocycles. The summed E-state index contributed by atoms with van der Waals surface area (Å²) >= 11 is 0. The summed E-state index contributed by atoms with van der Waals surface area (Å²) in [6, 6.07) is 0.491. The van der Waals surface area contributed by atoms with E-state index in [1.54, 1.807) is 0 Å². The van der Waals surface area contributed by atoms with Gasteiger partial charge in [0.25, 0.3) is 0 Å². The molecule has 1 saturated carbocycles. The number of alkyl carbamates (subject to hydrolysis) is 1. The van der Waals surface area contributed by atoms with Crippen molar-refractivity contribution in [3.05, 3.63) is 0 Å². The maximum Gasteiger partial charge on any atom is 0.407 e. The highest BCUT2D eigenvalue weighted by atomic mass is 16.7. The largest absolute Gasteiger partial charge is 0.444 e. The topological polar surface area (TPSA) is 59.6 Å². The normalized spacial score (nSPS) is 24.3. The lowest BCUT2D eigenvalue weighted by atomic mass is 9.87. The van der Waals surface area contributed by atoms with Gasteiger partial charge in [0.2, 0.25) is 0 Å². The number of carbonyl (C=O) groups is 1. The molecule has 0 heterocycles. The third-order valence-corrected chi connectivity index (χ3v) is 2.39. The SMILES string of the molecule is CC(C)(C)ONC1CC(NC(=O)OC(C)(C)C)C1. The first-order valence-electron chi connectivity index (χ1n) is 6.48. The van der Waals surface area contributed by atoms with Gasteiger partial charge in [-0.2, -0.15) is 5.48 Å². The molecule has 5 nitrogen and oxygen atoms in total. The fourth-order valence-electron chi connectivity index (χ4n) is 1.57. The van der Waals surface area contributed by atoms with Gasteiger partial charge < -0.3 is 10.1 Å². The number of amides is 1. The van der Waals surface area contributed by atoms with E-state index in [0.29, 0.717) is 6.04 Å². The van der Waals surface area contributed by atoms with Crippen LogP contribution < -0.4 is 10.8 Å². The highest BCUT2D eigenvalue weighted by Crippen LogP contribution is 2.21. The quantitative estimate of drug-likeness (QED) is 0.763. The summed E-state index contributed by atoms with van der Waals surface area (Å²) in [7, 11) is 0. The lowest BCUT2D eigenvalue weighted by Crippen LogP contribution is -2.54. The van der Waals surface area contributed by atoms with Crippen molar-refractivity contribution in [3.63, 3.8) is 0 Å². The van der Waals surface area contributed by atoms with Gasteiger partial charge in [-0.05, 0) is 54.4 Å². The van der Waals surface area contributed by atoms with Crippen molar-refractivity contribution in [2.24, 2.45) is 0 Å². The van der Waals surface area contributed by atoms with Crippen molar-refractivity contribution in [1.82, 2.24) is 10.8 Å². The van der Waals surface area contributed by atoms with Gasteiger partial charge in [-0.3, -0.25) is 4.84 Å². The van der Waals surface area contributed by atoms with E-state index in [2.05, 4.69) is 10.8 Å². The van der Waals surface area contributed by atoms with Crippen molar-refractivity contribution >= 4 is 6.09 Å². The molecule has 0 aromatic heterocycles. The average molecular weight is 258 g/mol. The Balaban J connectivity index is 2.14. The molecule has 1 aliphatic rings. The molecule has 0 aromatic rings. The third kappa shape index (κ3) is 6.21. The van der Waals surface area contributed by atoms with Crippen LogP contribution in [0.25, 0.3) is 0 Å². The molecule has 2 N–H and O–H groups in total. The number of nitrogens with one attached hydrogen (secondary N) is 2. The maximum atomic E-state index is 11.5. The molecule has 0 aliphatic heterocycles. The number of ether oxygens (including phenoxy) is 1. The Labute approximate surface area is 110 Å². The standard InChI is InChI=1S/C13H26N2O3/c1-12(2,3)17-11(16)14-9-7-10(8-9)15-18-13(4,5)6/h9-10,15H,7-8H2,1-6H3,(H,14,16). The van der Waals surface area contributed by atoms with E-state index in [1.165, 1.54) is 0 Å². The second-order valence-electron chi connectivity index (χ2n) is 6.84. The molecule has 0 radical (unpaired) electrons. The zero-order valence-electron chi connectivity index (χ0n) is 12.3. The summed E-state index contributed by atoms with van der Waals surface area (Å²) in [6.07, 6.45) is 1.40. The van der Waals surface area contributed by atoms with E-state index in [4.69, 9.17) is 9.57 Å². The molecule has 0 aromatic carbocycles. The fourth-order valence-corrected chi connectivity index (χ4v) is 1.57. The fraction of sp³-hybridized carbons (Fsp3) is 0.923. The van der Waals surface area contributed by atoms with Gasteiger partial charge in [0.05, 0.1) is 5.60 Å². The molecular formula is C13H26N2O3. The maximum absolute atomic E-state index is 11.5. The first kappa shape index (κ1) is 15.2. The lowest BCUT2D eigenvalue weighted by Gasteiger charge is -2.37. The molecule has 0 bridgehead atoms. The molecule has 1 fully saturated rings. The smallest absolute Gasteiger partial charge is 0.407 e. The molecule has 0 unspecified atom stereocenters. The molecule has 5 heteroatoms. The highest BCUT2D eigenvalue weighted by Gasteiger charge is 2.32. The molecule has 1 rings (SSSR count). The van der Waals surface area contributed by atoms with Crippen LogP contribution >= 0.6 is 0 Å². The van der Waals surface area contributed by atoms with E-state index in [0.717, 1.165) is 12.8 Å². The van der Waals surface area contributed by atoms with Gasteiger partial charge in [-0.1, -0.05) is 0 Å². The zero-order valence-corrected chi connectivity index (χ0v) is 12.3. The summed E-state index contributed by atoms with van der Waals surface area (Å²) in [5.41, 5.74) is 2.38. The molecule has 1 aliphatic carbocycles. The Hall–Kier alpha value is -0.810. The zero-order chi connectivity index (χ0) is 14.0. The van der Waals surface area contributed by atoms with Gasteiger partial charge in [-0.15, -0.1) is 0 Å². The Morgan fingerprint density at radius 2 is 1.56 bits per heavy atom. The third-order valence-electron chi connectivity index (χ3n) is 2.39. The van der Waals surface area contributed by atoms with Crippen LogP contribution in [0.1, 0.15) is 54.4 Å². The number of hydrogen-bond acceptors (Lipinski definition) is 4. The second kappa shape index (κ2) is 5.45. The van der Waals surface area contributed by atoms with Gasteiger partial charge in [0.15, 0.2) is 0 Å². The minimum atomic E-state index is -0.444. The summed E-state index contributed by atoms with van der Waals surface area (Å²) in [5.74, 6) is 0. The van der Waals surface area contributed by atoms with Crippen molar-refractivity contribution in [3.8, 4) is 0 Å². The van der Waals surface area contributed by atoms with Crippen LogP contribution in [-0.4, -0.2) is 29.4 Å². The molecule has 18 heavy (non-hydrogen) atoms. The number of hydroxylamine groups is 1. The first-order valence-corrected chi connectivity index (χ1v) is 6.48. The van der Waals surface area contributed by atoms with Crippen LogP contribution in [-0.2, 0) is 9.57 Å². The summed E-state index contributed by atoms with van der Waals surface area (Å²) in [6.45, 7) is 11.6. The number of rotatable bonds is 3. The van der Waals surface area contributed by atoms with E-state index in [-0.39, 0.29) is 17.7 Å². The Kier molecular flexibility index (Phi) is 4.61. The van der Waals surface area contributed by atoms with Gasteiger partial charge in [0.1, 0.15) is 5.60 Å². The van der Waals surface area contributed by atoms with E-state index < -0.39 is 5.60 Å². The van der Waals surface area contributed by atoms with E-state index >= 15 is 0 Å². The predicted octanol–water partition coefficient (Wildman–Crippen LogP) is 2.36. The van der Waals surface area contributed by atoms with Gasteiger partial charge >= 0.3 is 6.09 Å². The summed E-state index contributed by atoms with van der Waals surface area (Å²) < 4.78 is 5.19. The van der Waals surface area contributed by atoms with Crippen molar-refractivity contribution in [2.75, 3.05) is 0 Å².